The van der Waals surface area contributed by atoms with Gasteiger partial charge in [0.05, 0.1) is 0 Å². The highest BCUT2D eigenvalue weighted by Crippen LogP contribution is 2.34. The number of rotatable bonds is 4. The van der Waals surface area contributed by atoms with E-state index in [2.05, 4.69) is 26.1 Å². The van der Waals surface area contributed by atoms with E-state index in [0.717, 1.165) is 18.4 Å². The molecular weight excluding hydrogens is 180 g/mol. The van der Waals surface area contributed by atoms with Crippen LogP contribution in [0.2, 0.25) is 0 Å². The van der Waals surface area contributed by atoms with Crippen molar-refractivity contribution in [1.29, 1.82) is 0 Å². The first-order valence-electron chi connectivity index (χ1n) is 5.06. The topological polar surface area (TPSA) is 17.1 Å². The molecule has 2 heteroatoms. The molecule has 0 spiro atoms. The van der Waals surface area contributed by atoms with E-state index in [9.17, 15) is 4.79 Å². The summed E-state index contributed by atoms with van der Waals surface area (Å²) < 4.78 is 0. The summed E-state index contributed by atoms with van der Waals surface area (Å²) in [6.45, 7) is 6.12. The lowest BCUT2D eigenvalue weighted by Gasteiger charge is -2.09. The third kappa shape index (κ3) is 2.60. The molecule has 1 aliphatic rings. The predicted octanol–water partition coefficient (Wildman–Crippen LogP) is 3.01. The molecule has 0 aromatic heterocycles. The van der Waals surface area contributed by atoms with Gasteiger partial charge in [0.2, 0.25) is 0 Å². The van der Waals surface area contributed by atoms with Crippen LogP contribution in [0, 0.1) is 5.92 Å². The average molecular weight is 198 g/mol. The summed E-state index contributed by atoms with van der Waals surface area (Å²) >= 11 is 4.33. The maximum Gasteiger partial charge on any atom is 0.141 e. The average Bonchev–Trinajstić information content (AvgIpc) is 2.32. The number of carbonyl (C=O) groups excluding carboxylic acids is 1. The number of carbonyl (C=O) groups is 1. The highest BCUT2D eigenvalue weighted by molar-refractivity contribution is 7.81. The van der Waals surface area contributed by atoms with Crippen LogP contribution in [0.15, 0.2) is 12.2 Å². The fourth-order valence-electron chi connectivity index (χ4n) is 1.85. The van der Waals surface area contributed by atoms with Gasteiger partial charge in [-0.15, -0.1) is 0 Å². The largest absolute Gasteiger partial charge is 0.299 e. The number of hydrogen-bond donors (Lipinski definition) is 1. The van der Waals surface area contributed by atoms with Crippen LogP contribution in [0.1, 0.15) is 39.0 Å². The van der Waals surface area contributed by atoms with Gasteiger partial charge >= 0.3 is 0 Å². The number of ketones is 1. The van der Waals surface area contributed by atoms with E-state index in [4.69, 9.17) is 0 Å². The molecule has 0 aromatic rings. The Balaban J connectivity index is 2.40. The van der Waals surface area contributed by atoms with Crippen molar-refractivity contribution >= 4 is 18.4 Å². The molecule has 1 rings (SSSR count). The molecule has 0 saturated heterocycles. The smallest absolute Gasteiger partial charge is 0.141 e. The third-order valence-corrected chi connectivity index (χ3v) is 3.27. The second-order valence-electron chi connectivity index (χ2n) is 3.81. The van der Waals surface area contributed by atoms with Gasteiger partial charge in [0.15, 0.2) is 0 Å². The summed E-state index contributed by atoms with van der Waals surface area (Å²) in [6, 6.07) is 0. The molecular formula is C11H18OS. The zero-order valence-corrected chi connectivity index (χ0v) is 9.15. The Labute approximate surface area is 86.0 Å². The highest BCUT2D eigenvalue weighted by Gasteiger charge is 2.33. The molecule has 2 unspecified atom stereocenters. The van der Waals surface area contributed by atoms with E-state index < -0.39 is 0 Å². The van der Waals surface area contributed by atoms with E-state index in [-0.39, 0.29) is 11.2 Å². The molecule has 0 aliphatic heterocycles. The maximum absolute atomic E-state index is 11.5. The van der Waals surface area contributed by atoms with Crippen LogP contribution < -0.4 is 0 Å². The molecule has 0 radical (unpaired) electrons. The SMILES string of the molecule is C=C1C(S)CC(=O)C1CCCCC. The normalized spacial score (nSPS) is 28.5. The van der Waals surface area contributed by atoms with Crippen LogP contribution in [0.5, 0.6) is 0 Å². The van der Waals surface area contributed by atoms with Crippen molar-refractivity contribution in [2.75, 3.05) is 0 Å². The van der Waals surface area contributed by atoms with Gasteiger partial charge in [-0.25, -0.2) is 0 Å². The van der Waals surface area contributed by atoms with Crippen LogP contribution >= 0.6 is 12.6 Å². The van der Waals surface area contributed by atoms with E-state index in [1.54, 1.807) is 0 Å². The molecule has 1 nitrogen and oxygen atoms in total. The van der Waals surface area contributed by atoms with Crippen LogP contribution in [-0.2, 0) is 4.79 Å². The van der Waals surface area contributed by atoms with Crippen molar-refractivity contribution in [3.05, 3.63) is 12.2 Å². The molecule has 1 fully saturated rings. The molecule has 74 valence electrons. The zero-order valence-electron chi connectivity index (χ0n) is 8.25. The van der Waals surface area contributed by atoms with Gasteiger partial charge in [0.1, 0.15) is 5.78 Å². The Hall–Kier alpha value is -0.240. The van der Waals surface area contributed by atoms with Gasteiger partial charge in [0, 0.05) is 17.6 Å². The molecule has 0 amide bonds. The van der Waals surface area contributed by atoms with Crippen molar-refractivity contribution in [2.45, 2.75) is 44.3 Å². The molecule has 0 aromatic carbocycles. The molecule has 0 N–H and O–H groups in total. The van der Waals surface area contributed by atoms with E-state index in [1.807, 2.05) is 0 Å². The molecule has 1 saturated carbocycles. The first-order valence-corrected chi connectivity index (χ1v) is 5.58. The first-order chi connectivity index (χ1) is 6.16. The molecule has 0 bridgehead atoms. The van der Waals surface area contributed by atoms with E-state index in [0.29, 0.717) is 12.2 Å². The van der Waals surface area contributed by atoms with Gasteiger partial charge < -0.3 is 0 Å². The Kier molecular flexibility index (Phi) is 4.04. The number of Topliss-reactive ketones (excluding diaryl/α,β-unsaturated/α-hetero) is 1. The number of unbranched alkanes of at least 4 members (excludes halogenated alkanes) is 2. The molecule has 2 atom stereocenters. The Morgan fingerprint density at radius 3 is 2.69 bits per heavy atom. The summed E-state index contributed by atoms with van der Waals surface area (Å²) in [5, 5.41) is 0.124. The number of hydrogen-bond acceptors (Lipinski definition) is 2. The monoisotopic (exact) mass is 198 g/mol. The lowest BCUT2D eigenvalue weighted by molar-refractivity contribution is -0.120. The van der Waals surface area contributed by atoms with Gasteiger partial charge in [-0.05, 0) is 6.42 Å². The lowest BCUT2D eigenvalue weighted by Crippen LogP contribution is -2.07. The predicted molar refractivity (Wildman–Crippen MR) is 59.2 cm³/mol. The van der Waals surface area contributed by atoms with Crippen molar-refractivity contribution in [1.82, 2.24) is 0 Å². The minimum Gasteiger partial charge on any atom is -0.299 e. The minimum absolute atomic E-state index is 0.119. The Bertz CT molecular complexity index is 210. The second-order valence-corrected chi connectivity index (χ2v) is 4.43. The summed E-state index contributed by atoms with van der Waals surface area (Å²) in [6.07, 6.45) is 5.15. The summed E-state index contributed by atoms with van der Waals surface area (Å²) in [4.78, 5) is 11.5. The van der Waals surface area contributed by atoms with Crippen molar-refractivity contribution < 1.29 is 4.79 Å². The standard InChI is InChI=1S/C11H18OS/c1-3-4-5-6-9-8(2)11(13)7-10(9)12/h9,11,13H,2-7H2,1H3. The van der Waals surface area contributed by atoms with Crippen molar-refractivity contribution in [2.24, 2.45) is 5.92 Å². The van der Waals surface area contributed by atoms with Crippen LogP contribution in [0.4, 0.5) is 0 Å². The molecule has 1 aliphatic carbocycles. The summed E-state index contributed by atoms with van der Waals surface area (Å²) in [5.74, 6) is 0.468. The third-order valence-electron chi connectivity index (χ3n) is 2.76. The van der Waals surface area contributed by atoms with Crippen LogP contribution in [-0.4, -0.2) is 11.0 Å². The zero-order chi connectivity index (χ0) is 9.84. The van der Waals surface area contributed by atoms with Crippen molar-refractivity contribution in [3.8, 4) is 0 Å². The summed E-state index contributed by atoms with van der Waals surface area (Å²) in [5.41, 5.74) is 1.05. The lowest BCUT2D eigenvalue weighted by atomic mass is 9.96. The van der Waals surface area contributed by atoms with Crippen LogP contribution in [0.25, 0.3) is 0 Å². The van der Waals surface area contributed by atoms with Crippen molar-refractivity contribution in [3.63, 3.8) is 0 Å². The maximum atomic E-state index is 11.5. The first kappa shape index (κ1) is 10.8. The minimum atomic E-state index is 0.119. The van der Waals surface area contributed by atoms with Gasteiger partial charge in [-0.1, -0.05) is 38.3 Å². The fourth-order valence-corrected chi connectivity index (χ4v) is 2.21. The Morgan fingerprint density at radius 2 is 2.23 bits per heavy atom. The fraction of sp³-hybridized carbons (Fsp3) is 0.727. The number of thiol groups is 1. The van der Waals surface area contributed by atoms with Gasteiger partial charge in [0.25, 0.3) is 0 Å². The molecule has 0 heterocycles. The van der Waals surface area contributed by atoms with Gasteiger partial charge in [-0.3, -0.25) is 4.79 Å². The highest BCUT2D eigenvalue weighted by atomic mass is 32.1. The van der Waals surface area contributed by atoms with Gasteiger partial charge in [-0.2, -0.15) is 12.6 Å². The Morgan fingerprint density at radius 1 is 1.54 bits per heavy atom. The van der Waals surface area contributed by atoms with Crippen LogP contribution in [0.3, 0.4) is 0 Å². The summed E-state index contributed by atoms with van der Waals surface area (Å²) in [7, 11) is 0. The quantitative estimate of drug-likeness (QED) is 0.417. The van der Waals surface area contributed by atoms with E-state index in [1.165, 1.54) is 12.8 Å². The second kappa shape index (κ2) is 4.85. The molecule has 13 heavy (non-hydrogen) atoms. The van der Waals surface area contributed by atoms with E-state index >= 15 is 0 Å².